The summed E-state index contributed by atoms with van der Waals surface area (Å²) >= 11 is 0. The van der Waals surface area contributed by atoms with Gasteiger partial charge in [-0.2, -0.15) is 5.26 Å². The maximum absolute atomic E-state index is 10.2. The number of hydrogen-bond acceptors (Lipinski definition) is 3. The lowest BCUT2D eigenvalue weighted by atomic mass is 9.93. The third-order valence-electron chi connectivity index (χ3n) is 11.4. The van der Waals surface area contributed by atoms with Crippen LogP contribution < -0.4 is 0 Å². The van der Waals surface area contributed by atoms with Crippen molar-refractivity contribution in [3.8, 4) is 23.6 Å². The van der Waals surface area contributed by atoms with Crippen LogP contribution in [-0.2, 0) is 0 Å². The number of rotatable bonds is 3. The molecule has 0 saturated carbocycles. The lowest BCUT2D eigenvalue weighted by Gasteiger charge is -2.21. The molecule has 0 N–H and O–H groups in total. The van der Waals surface area contributed by atoms with Crippen molar-refractivity contribution in [2.24, 2.45) is 0 Å². The third kappa shape index (κ3) is 4.30. The molecule has 5 heteroatoms. The van der Waals surface area contributed by atoms with E-state index in [0.717, 1.165) is 107 Å². The first-order chi connectivity index (χ1) is 27.2. The van der Waals surface area contributed by atoms with Gasteiger partial charge in [0, 0.05) is 73.1 Å². The molecule has 4 aromatic heterocycles. The zero-order valence-electron chi connectivity index (χ0n) is 29.6. The normalized spacial score (nSPS) is 14.1. The zero-order chi connectivity index (χ0) is 36.2. The number of hydrogen-bond donors (Lipinski definition) is 0. The fourth-order valence-corrected chi connectivity index (χ4v) is 9.02. The monoisotopic (exact) mass is 703 g/mol. The molecule has 6 aromatic carbocycles. The Kier molecular flexibility index (Phi) is 6.15. The lowest BCUT2D eigenvalue weighted by Crippen LogP contribution is -2.05. The van der Waals surface area contributed by atoms with Gasteiger partial charge in [-0.15, -0.1) is 0 Å². The second kappa shape index (κ2) is 11.3. The van der Waals surface area contributed by atoms with Crippen LogP contribution in [0.3, 0.4) is 0 Å². The summed E-state index contributed by atoms with van der Waals surface area (Å²) in [4.78, 5) is 0. The summed E-state index contributed by atoms with van der Waals surface area (Å²) < 4.78 is 17.5. The Morgan fingerprint density at radius 3 is 2.07 bits per heavy atom. The summed E-state index contributed by atoms with van der Waals surface area (Å²) in [6.07, 6.45) is 11.4. The Bertz CT molecular complexity index is 3540. The molecule has 5 nitrogen and oxygen atoms in total. The first kappa shape index (κ1) is 30.0. The number of aromatic nitrogens is 2. The molecule has 0 aliphatic heterocycles. The molecule has 0 unspecified atom stereocenters. The first-order valence-electron chi connectivity index (χ1n) is 18.7. The Labute approximate surface area is 314 Å². The van der Waals surface area contributed by atoms with Crippen molar-refractivity contribution in [2.75, 3.05) is 0 Å². The van der Waals surface area contributed by atoms with Crippen LogP contribution in [0.25, 0.3) is 99.6 Å². The Morgan fingerprint density at radius 1 is 0.618 bits per heavy atom. The van der Waals surface area contributed by atoms with Crippen LogP contribution in [0.2, 0.25) is 0 Å². The molecule has 0 bridgehead atoms. The fraction of sp³-hybridized carbons (Fsp3) is 0.0600. The van der Waals surface area contributed by atoms with Gasteiger partial charge in [-0.05, 0) is 72.9 Å². The Morgan fingerprint density at radius 2 is 1.31 bits per heavy atom. The van der Waals surface area contributed by atoms with Gasteiger partial charge in [0.15, 0.2) is 0 Å². The Balaban J connectivity index is 1.10. The van der Waals surface area contributed by atoms with E-state index in [1.54, 1.807) is 0 Å². The smallest absolute Gasteiger partial charge is 0.137 e. The molecule has 256 valence electrons. The lowest BCUT2D eigenvalue weighted by molar-refractivity contribution is 0.669. The van der Waals surface area contributed by atoms with E-state index in [0.29, 0.717) is 12.0 Å². The molecular formula is C50H29N3O2. The summed E-state index contributed by atoms with van der Waals surface area (Å²) in [5.41, 5.74) is 13.6. The number of nitrogens with zero attached hydrogens (tertiary/aromatic N) is 3. The van der Waals surface area contributed by atoms with Crippen LogP contribution in [0.4, 0.5) is 0 Å². The van der Waals surface area contributed by atoms with E-state index in [1.165, 1.54) is 16.3 Å². The average molecular weight is 704 g/mol. The summed E-state index contributed by atoms with van der Waals surface area (Å²) in [5, 5.41) is 18.1. The van der Waals surface area contributed by atoms with Crippen LogP contribution in [0.1, 0.15) is 41.6 Å². The van der Waals surface area contributed by atoms with Crippen molar-refractivity contribution < 1.29 is 8.83 Å². The van der Waals surface area contributed by atoms with E-state index in [2.05, 4.69) is 130 Å². The van der Waals surface area contributed by atoms with Gasteiger partial charge in [-0.1, -0.05) is 84.8 Å². The van der Waals surface area contributed by atoms with Crippen molar-refractivity contribution in [2.45, 2.75) is 19.3 Å². The molecule has 12 rings (SSSR count). The third-order valence-corrected chi connectivity index (χ3v) is 11.4. The predicted molar refractivity (Wildman–Crippen MR) is 224 cm³/mol. The molecule has 10 aromatic rings. The van der Waals surface area contributed by atoms with E-state index in [4.69, 9.17) is 8.83 Å². The van der Waals surface area contributed by atoms with E-state index in [-0.39, 0.29) is 0 Å². The summed E-state index contributed by atoms with van der Waals surface area (Å²) in [6.45, 7) is 0. The number of fused-ring (bicyclic) bond motifs is 12. The van der Waals surface area contributed by atoms with Gasteiger partial charge >= 0.3 is 0 Å². The molecule has 0 atom stereocenters. The topological polar surface area (TPSA) is 59.9 Å². The molecule has 4 heterocycles. The van der Waals surface area contributed by atoms with Gasteiger partial charge in [0.1, 0.15) is 28.0 Å². The quantitative estimate of drug-likeness (QED) is 0.172. The molecule has 0 saturated heterocycles. The maximum Gasteiger partial charge on any atom is 0.137 e. The largest absolute Gasteiger partial charge is 0.456 e. The van der Waals surface area contributed by atoms with Gasteiger partial charge in [0.05, 0.1) is 33.9 Å². The molecule has 0 fully saturated rings. The van der Waals surface area contributed by atoms with Gasteiger partial charge in [0.25, 0.3) is 0 Å². The van der Waals surface area contributed by atoms with Crippen LogP contribution >= 0.6 is 0 Å². The molecule has 55 heavy (non-hydrogen) atoms. The number of allylic oxidation sites excluding steroid dienone is 5. The number of furan rings is 2. The minimum atomic E-state index is 0.598. The van der Waals surface area contributed by atoms with Gasteiger partial charge in [-0.3, -0.25) is 0 Å². The van der Waals surface area contributed by atoms with E-state index < -0.39 is 0 Å². The number of benzene rings is 6. The van der Waals surface area contributed by atoms with Gasteiger partial charge in [0.2, 0.25) is 0 Å². The van der Waals surface area contributed by atoms with Gasteiger partial charge in [-0.25, -0.2) is 0 Å². The van der Waals surface area contributed by atoms with Crippen molar-refractivity contribution in [1.29, 1.82) is 5.26 Å². The molecule has 0 spiro atoms. The Hall–Kier alpha value is -7.47. The number of nitriles is 1. The SMILES string of the molecule is N#Cc1ccc(C2=CC(n3c4ccccc4c4cc5c(cc43)oc3ccccc35)=CCC2)c(-n2c3c(c4cc5c(cc42)oc2ccccc25)C=CCC#C3)c1. The second-order valence-corrected chi connectivity index (χ2v) is 14.5. The summed E-state index contributed by atoms with van der Waals surface area (Å²) in [7, 11) is 0. The van der Waals surface area contributed by atoms with E-state index in [1.807, 2.05) is 36.4 Å². The molecule has 2 aliphatic rings. The van der Waals surface area contributed by atoms with Crippen LogP contribution in [0, 0.1) is 23.2 Å². The highest BCUT2D eigenvalue weighted by Crippen LogP contribution is 2.43. The van der Waals surface area contributed by atoms with Crippen LogP contribution in [-0.4, -0.2) is 9.13 Å². The van der Waals surface area contributed by atoms with Crippen molar-refractivity contribution in [1.82, 2.24) is 9.13 Å². The average Bonchev–Trinajstić information content (AvgIpc) is 3.90. The van der Waals surface area contributed by atoms with Gasteiger partial charge < -0.3 is 18.0 Å². The van der Waals surface area contributed by atoms with Crippen LogP contribution in [0.15, 0.2) is 142 Å². The molecule has 0 amide bonds. The minimum Gasteiger partial charge on any atom is -0.456 e. The molecule has 2 aliphatic carbocycles. The molecular weight excluding hydrogens is 675 g/mol. The minimum absolute atomic E-state index is 0.598. The van der Waals surface area contributed by atoms with E-state index in [9.17, 15) is 5.26 Å². The van der Waals surface area contributed by atoms with Crippen molar-refractivity contribution in [3.63, 3.8) is 0 Å². The highest BCUT2D eigenvalue weighted by Gasteiger charge is 2.24. The first-order valence-corrected chi connectivity index (χ1v) is 18.7. The predicted octanol–water partition coefficient (Wildman–Crippen LogP) is 12.9. The summed E-state index contributed by atoms with van der Waals surface area (Å²) in [6, 6.07) is 42.5. The second-order valence-electron chi connectivity index (χ2n) is 14.5. The molecule has 0 radical (unpaired) electrons. The summed E-state index contributed by atoms with van der Waals surface area (Å²) in [5.74, 6) is 6.89. The van der Waals surface area contributed by atoms with E-state index >= 15 is 0 Å². The highest BCUT2D eigenvalue weighted by atomic mass is 16.3. The van der Waals surface area contributed by atoms with Crippen LogP contribution in [0.5, 0.6) is 0 Å². The fourth-order valence-electron chi connectivity index (χ4n) is 9.02. The van der Waals surface area contributed by atoms with Crippen molar-refractivity contribution in [3.05, 3.63) is 156 Å². The zero-order valence-corrected chi connectivity index (χ0v) is 29.6. The highest BCUT2D eigenvalue weighted by molar-refractivity contribution is 6.18. The maximum atomic E-state index is 10.2. The number of para-hydroxylation sites is 3. The van der Waals surface area contributed by atoms with Crippen molar-refractivity contribution >= 4 is 93.9 Å². The standard InChI is InChI=1S/C50H29N3O2/c51-29-30-21-22-33(44(23-30)53-43-17-3-1-2-13-35(43)39-26-41-37-16-6-9-20-48(37)55-50(41)28-46(39)53)31-11-10-12-32(24-31)52-42-18-7-4-14-34(42)38-25-40-36-15-5-8-19-47(36)54-49(40)27-45(38)52/h2,4-9,12-16,18-28H,1,10-11H2.